The minimum absolute atomic E-state index is 0. The lowest BCUT2D eigenvalue weighted by atomic mass is 9.90. The quantitative estimate of drug-likeness (QED) is 0.146. The number of piperidine rings is 1. The number of halogens is 3. The molecule has 0 aromatic heterocycles. The van der Waals surface area contributed by atoms with E-state index in [0.29, 0.717) is 24.6 Å². The van der Waals surface area contributed by atoms with E-state index in [2.05, 4.69) is 38.8 Å². The van der Waals surface area contributed by atoms with Crippen molar-refractivity contribution in [3.63, 3.8) is 0 Å². The molecule has 1 saturated heterocycles. The lowest BCUT2D eigenvalue weighted by molar-refractivity contribution is 0.0974. The van der Waals surface area contributed by atoms with E-state index in [0.717, 1.165) is 80.1 Å². The number of benzene rings is 4. The number of nitrogens with zero attached hydrogens (tertiary/aromatic N) is 2. The van der Waals surface area contributed by atoms with Crippen molar-refractivity contribution in [2.45, 2.75) is 69.9 Å². The Morgan fingerprint density at radius 1 is 0.780 bits per heavy atom. The zero-order valence-corrected chi connectivity index (χ0v) is 31.9. The van der Waals surface area contributed by atoms with Gasteiger partial charge in [-0.2, -0.15) is 0 Å². The van der Waals surface area contributed by atoms with Gasteiger partial charge in [-0.1, -0.05) is 77.8 Å². The Bertz CT molecular complexity index is 1830. The van der Waals surface area contributed by atoms with Gasteiger partial charge in [0.05, 0.1) is 10.6 Å². The molecular formula is C40H48Cl3N3O3S. The summed E-state index contributed by atoms with van der Waals surface area (Å²) in [7, 11) is -3.69. The Kier molecular flexibility index (Phi) is 14.8. The van der Waals surface area contributed by atoms with Crippen LogP contribution in [-0.4, -0.2) is 50.2 Å². The maximum atomic E-state index is 13.2. The monoisotopic (exact) mass is 755 g/mol. The highest BCUT2D eigenvalue weighted by atomic mass is 35.5. The molecule has 0 bridgehead atoms. The van der Waals surface area contributed by atoms with E-state index >= 15 is 0 Å². The second kappa shape index (κ2) is 18.5. The number of ketones is 1. The van der Waals surface area contributed by atoms with Gasteiger partial charge >= 0.3 is 0 Å². The molecule has 0 aliphatic carbocycles. The summed E-state index contributed by atoms with van der Waals surface area (Å²) in [4.78, 5) is 18.4. The zero-order chi connectivity index (χ0) is 33.5. The Hall–Kier alpha value is -2.91. The predicted octanol–water partition coefficient (Wildman–Crippen LogP) is 9.16. The molecular weight excluding hydrogens is 709 g/mol. The third kappa shape index (κ3) is 10.6. The van der Waals surface area contributed by atoms with Crippen LogP contribution in [0, 0.1) is 12.8 Å². The SMILES string of the molecule is Cc1ccc(S(=O)(=O)Nc2ccccc2CN2CCc3ccc(C(=O)CCCC4CCN(Cc5ccccc5Cl)CC4)cc3CC2)cc1.Cl.Cl. The van der Waals surface area contributed by atoms with Crippen molar-refractivity contribution in [2.24, 2.45) is 5.92 Å². The smallest absolute Gasteiger partial charge is 0.261 e. The Balaban J connectivity index is 0.00000281. The number of sulfonamides is 1. The second-order valence-corrected chi connectivity index (χ2v) is 15.6. The lowest BCUT2D eigenvalue weighted by Crippen LogP contribution is -2.33. The molecule has 1 N–H and O–H groups in total. The van der Waals surface area contributed by atoms with Crippen LogP contribution >= 0.6 is 36.4 Å². The van der Waals surface area contributed by atoms with Gasteiger partial charge in [-0.3, -0.25) is 19.3 Å². The van der Waals surface area contributed by atoms with E-state index in [4.69, 9.17) is 11.6 Å². The minimum Gasteiger partial charge on any atom is -0.299 e. The zero-order valence-electron chi connectivity index (χ0n) is 28.7. The van der Waals surface area contributed by atoms with Gasteiger partial charge in [0.2, 0.25) is 0 Å². The number of likely N-dealkylation sites (tertiary alicyclic amines) is 1. The molecule has 2 heterocycles. The average Bonchev–Trinajstić information content (AvgIpc) is 3.29. The number of carbonyl (C=O) groups is 1. The number of hydrogen-bond donors (Lipinski definition) is 1. The van der Waals surface area contributed by atoms with Gasteiger partial charge in [-0.15, -0.1) is 24.8 Å². The summed E-state index contributed by atoms with van der Waals surface area (Å²) in [5.74, 6) is 0.922. The van der Waals surface area contributed by atoms with E-state index < -0.39 is 10.0 Å². The first-order chi connectivity index (χ1) is 23.2. The molecule has 1 fully saturated rings. The molecule has 0 spiro atoms. The van der Waals surface area contributed by atoms with Crippen molar-refractivity contribution >= 4 is 57.9 Å². The number of Topliss-reactive ketones (excluding diaryl/α,β-unsaturated/α-hetero) is 1. The molecule has 4 aromatic carbocycles. The van der Waals surface area contributed by atoms with Crippen LogP contribution in [0.4, 0.5) is 5.69 Å². The summed E-state index contributed by atoms with van der Waals surface area (Å²) in [5.41, 5.74) is 7.14. The summed E-state index contributed by atoms with van der Waals surface area (Å²) >= 11 is 6.37. The van der Waals surface area contributed by atoms with Crippen molar-refractivity contribution in [3.05, 3.63) is 129 Å². The largest absolute Gasteiger partial charge is 0.299 e. The summed E-state index contributed by atoms with van der Waals surface area (Å²) < 4.78 is 29.0. The molecule has 50 heavy (non-hydrogen) atoms. The number of aryl methyl sites for hydroxylation is 1. The Morgan fingerprint density at radius 2 is 1.40 bits per heavy atom. The van der Waals surface area contributed by atoms with Crippen molar-refractivity contribution in [1.82, 2.24) is 9.80 Å². The molecule has 0 amide bonds. The van der Waals surface area contributed by atoms with Crippen LogP contribution in [0.1, 0.15) is 70.3 Å². The van der Waals surface area contributed by atoms with Crippen molar-refractivity contribution in [3.8, 4) is 0 Å². The van der Waals surface area contributed by atoms with Gasteiger partial charge < -0.3 is 0 Å². The number of hydrogen-bond acceptors (Lipinski definition) is 5. The van der Waals surface area contributed by atoms with Crippen LogP contribution in [0.2, 0.25) is 5.02 Å². The second-order valence-electron chi connectivity index (χ2n) is 13.5. The van der Waals surface area contributed by atoms with Crippen LogP contribution in [0.15, 0.2) is 95.9 Å². The normalized spacial score (nSPS) is 15.6. The van der Waals surface area contributed by atoms with E-state index in [1.165, 1.54) is 29.5 Å². The number of anilines is 1. The fraction of sp³-hybridized carbons (Fsp3) is 0.375. The van der Waals surface area contributed by atoms with Crippen molar-refractivity contribution in [2.75, 3.05) is 30.9 Å². The maximum absolute atomic E-state index is 13.2. The van der Waals surface area contributed by atoms with Crippen LogP contribution in [-0.2, 0) is 36.0 Å². The molecule has 2 aliphatic rings. The number of nitrogens with one attached hydrogen (secondary N) is 1. The summed E-state index contributed by atoms with van der Waals surface area (Å²) in [6.45, 7) is 7.37. The first kappa shape index (κ1) is 39.9. The Morgan fingerprint density at radius 3 is 2.12 bits per heavy atom. The van der Waals surface area contributed by atoms with E-state index in [1.54, 1.807) is 12.1 Å². The van der Waals surface area contributed by atoms with Gasteiger partial charge in [0.15, 0.2) is 5.78 Å². The standard InChI is InChI=1S/C40H46ClN3O3S.2ClH/c1-30-13-17-37(18-14-30)48(46,47)42-39-11-5-3-9-36(39)29-44-25-21-32-15-16-34(27-33(32)22-26-44)40(45)12-6-7-31-19-23-43(24-20-31)28-35-8-2-4-10-38(35)41;;/h2-5,8-11,13-18,27,31,42H,6-7,12,19-26,28-29H2,1H3;2*1H. The van der Waals surface area contributed by atoms with Crippen LogP contribution < -0.4 is 4.72 Å². The van der Waals surface area contributed by atoms with Gasteiger partial charge in [0, 0.05) is 43.2 Å². The van der Waals surface area contributed by atoms with Crippen LogP contribution in [0.25, 0.3) is 0 Å². The van der Waals surface area contributed by atoms with Crippen molar-refractivity contribution in [1.29, 1.82) is 0 Å². The molecule has 6 nitrogen and oxygen atoms in total. The first-order valence-corrected chi connectivity index (χ1v) is 19.1. The molecule has 268 valence electrons. The number of rotatable bonds is 12. The minimum atomic E-state index is -3.69. The fourth-order valence-corrected chi connectivity index (χ4v) is 8.32. The predicted molar refractivity (Wildman–Crippen MR) is 210 cm³/mol. The molecule has 4 aromatic rings. The third-order valence-corrected chi connectivity index (χ3v) is 11.7. The Labute approximate surface area is 315 Å². The van der Waals surface area contributed by atoms with Crippen molar-refractivity contribution < 1.29 is 13.2 Å². The number of fused-ring (bicyclic) bond motifs is 1. The molecule has 0 saturated carbocycles. The topological polar surface area (TPSA) is 69.7 Å². The summed E-state index contributed by atoms with van der Waals surface area (Å²) in [6, 6.07) is 28.9. The maximum Gasteiger partial charge on any atom is 0.261 e. The van der Waals surface area contributed by atoms with Gasteiger partial charge in [-0.25, -0.2) is 8.42 Å². The van der Waals surface area contributed by atoms with Gasteiger partial charge in [0.25, 0.3) is 10.0 Å². The summed E-state index contributed by atoms with van der Waals surface area (Å²) in [5, 5.41) is 0.844. The number of carbonyl (C=O) groups excluding carboxylic acids is 1. The van der Waals surface area contributed by atoms with E-state index in [-0.39, 0.29) is 35.5 Å². The molecule has 0 atom stereocenters. The molecule has 0 radical (unpaired) electrons. The van der Waals surface area contributed by atoms with Gasteiger partial charge in [-0.05, 0) is 117 Å². The average molecular weight is 757 g/mol. The van der Waals surface area contributed by atoms with Gasteiger partial charge in [0.1, 0.15) is 0 Å². The van der Waals surface area contributed by atoms with E-state index in [1.807, 2.05) is 61.5 Å². The van der Waals surface area contributed by atoms with Crippen LogP contribution in [0.5, 0.6) is 0 Å². The van der Waals surface area contributed by atoms with Crippen LogP contribution in [0.3, 0.4) is 0 Å². The highest BCUT2D eigenvalue weighted by molar-refractivity contribution is 7.92. The number of para-hydroxylation sites is 1. The molecule has 2 aliphatic heterocycles. The van der Waals surface area contributed by atoms with E-state index in [9.17, 15) is 13.2 Å². The first-order valence-electron chi connectivity index (χ1n) is 17.2. The molecule has 10 heteroatoms. The fourth-order valence-electron chi connectivity index (χ4n) is 7.02. The lowest BCUT2D eigenvalue weighted by Gasteiger charge is -2.32. The summed E-state index contributed by atoms with van der Waals surface area (Å²) in [6.07, 6.45) is 6.76. The highest BCUT2D eigenvalue weighted by Crippen LogP contribution is 2.27. The third-order valence-electron chi connectivity index (χ3n) is 9.99. The molecule has 0 unspecified atom stereocenters. The molecule has 6 rings (SSSR count). The highest BCUT2D eigenvalue weighted by Gasteiger charge is 2.22.